The number of nitrogens with zero attached hydrogens (tertiary/aromatic N) is 1. The summed E-state index contributed by atoms with van der Waals surface area (Å²) in [5.74, 6) is 0.319. The van der Waals surface area contributed by atoms with Crippen LogP contribution in [0.2, 0.25) is 0 Å². The number of nitrogens with two attached hydrogens (primary N) is 1. The molecule has 0 aromatic carbocycles. The molecule has 4 heteroatoms. The van der Waals surface area contributed by atoms with Crippen molar-refractivity contribution >= 4 is 5.91 Å². The third kappa shape index (κ3) is 4.10. The van der Waals surface area contributed by atoms with Gasteiger partial charge < -0.3 is 16.0 Å². The molecule has 16 heavy (non-hydrogen) atoms. The summed E-state index contributed by atoms with van der Waals surface area (Å²) in [5.41, 5.74) is 4.78. The molecule has 0 radical (unpaired) electrons. The minimum absolute atomic E-state index is 0.291. The lowest BCUT2D eigenvalue weighted by Gasteiger charge is -2.32. The SMILES string of the molecule is CNC(C)(CCN(C)C(C)C(C)C)C(N)=O. The van der Waals surface area contributed by atoms with Gasteiger partial charge in [0.1, 0.15) is 0 Å². The predicted molar refractivity (Wildman–Crippen MR) is 68.2 cm³/mol. The Hall–Kier alpha value is -0.610. The number of rotatable bonds is 7. The summed E-state index contributed by atoms with van der Waals surface area (Å²) in [7, 11) is 3.86. The van der Waals surface area contributed by atoms with Crippen LogP contribution < -0.4 is 11.1 Å². The molecule has 2 unspecified atom stereocenters. The zero-order valence-electron chi connectivity index (χ0n) is 11.5. The first-order valence-electron chi connectivity index (χ1n) is 5.93. The molecule has 1 amide bonds. The summed E-state index contributed by atoms with van der Waals surface area (Å²) in [6.45, 7) is 9.31. The third-order valence-electron chi connectivity index (χ3n) is 3.72. The van der Waals surface area contributed by atoms with Crippen molar-refractivity contribution < 1.29 is 4.79 Å². The number of hydrogen-bond donors (Lipinski definition) is 2. The van der Waals surface area contributed by atoms with Crippen LogP contribution in [0.3, 0.4) is 0 Å². The first kappa shape index (κ1) is 15.4. The summed E-state index contributed by atoms with van der Waals surface area (Å²) in [6.07, 6.45) is 0.729. The van der Waals surface area contributed by atoms with Crippen LogP contribution >= 0.6 is 0 Å². The van der Waals surface area contributed by atoms with Gasteiger partial charge in [0, 0.05) is 12.6 Å². The van der Waals surface area contributed by atoms with Gasteiger partial charge in [0.05, 0.1) is 5.54 Å². The van der Waals surface area contributed by atoms with Crippen LogP contribution in [-0.4, -0.2) is 43.0 Å². The highest BCUT2D eigenvalue weighted by Crippen LogP contribution is 2.13. The van der Waals surface area contributed by atoms with Gasteiger partial charge in [0.25, 0.3) is 0 Å². The number of likely N-dealkylation sites (N-methyl/N-ethyl adjacent to an activating group) is 1. The zero-order valence-corrected chi connectivity index (χ0v) is 11.5. The van der Waals surface area contributed by atoms with Crippen molar-refractivity contribution in [3.05, 3.63) is 0 Å². The predicted octanol–water partition coefficient (Wildman–Crippen LogP) is 0.816. The van der Waals surface area contributed by atoms with E-state index in [2.05, 4.69) is 38.0 Å². The van der Waals surface area contributed by atoms with Gasteiger partial charge in [-0.1, -0.05) is 13.8 Å². The third-order valence-corrected chi connectivity index (χ3v) is 3.72. The highest BCUT2D eigenvalue weighted by molar-refractivity contribution is 5.84. The fourth-order valence-corrected chi connectivity index (χ4v) is 1.48. The molecule has 0 saturated carbocycles. The van der Waals surface area contributed by atoms with Gasteiger partial charge in [-0.15, -0.1) is 0 Å². The minimum atomic E-state index is -0.606. The summed E-state index contributed by atoms with van der Waals surface area (Å²) in [5, 5.41) is 3.00. The van der Waals surface area contributed by atoms with E-state index in [9.17, 15) is 4.79 Å². The fraction of sp³-hybridized carbons (Fsp3) is 0.917. The molecule has 0 aliphatic rings. The van der Waals surface area contributed by atoms with Crippen molar-refractivity contribution in [2.45, 2.75) is 45.7 Å². The topological polar surface area (TPSA) is 58.4 Å². The normalized spacial score (nSPS) is 17.5. The number of carbonyl (C=O) groups is 1. The van der Waals surface area contributed by atoms with E-state index >= 15 is 0 Å². The van der Waals surface area contributed by atoms with E-state index in [-0.39, 0.29) is 5.91 Å². The molecule has 3 N–H and O–H groups in total. The van der Waals surface area contributed by atoms with Gasteiger partial charge in [0.15, 0.2) is 0 Å². The van der Waals surface area contributed by atoms with Crippen molar-refractivity contribution in [1.82, 2.24) is 10.2 Å². The lowest BCUT2D eigenvalue weighted by molar-refractivity contribution is -0.124. The molecule has 0 fully saturated rings. The van der Waals surface area contributed by atoms with E-state index in [0.29, 0.717) is 12.0 Å². The molecule has 0 heterocycles. The second-order valence-corrected chi connectivity index (χ2v) is 5.16. The van der Waals surface area contributed by atoms with Gasteiger partial charge in [0.2, 0.25) is 5.91 Å². The van der Waals surface area contributed by atoms with Crippen molar-refractivity contribution in [3.63, 3.8) is 0 Å². The first-order chi connectivity index (χ1) is 7.24. The van der Waals surface area contributed by atoms with Gasteiger partial charge >= 0.3 is 0 Å². The molecule has 4 nitrogen and oxygen atoms in total. The number of carbonyl (C=O) groups excluding carboxylic acids is 1. The van der Waals surface area contributed by atoms with Crippen LogP contribution in [0.5, 0.6) is 0 Å². The Morgan fingerprint density at radius 3 is 2.25 bits per heavy atom. The Morgan fingerprint density at radius 2 is 1.94 bits per heavy atom. The Morgan fingerprint density at radius 1 is 1.44 bits per heavy atom. The van der Waals surface area contributed by atoms with E-state index in [0.717, 1.165) is 13.0 Å². The lowest BCUT2D eigenvalue weighted by Crippen LogP contribution is -2.53. The van der Waals surface area contributed by atoms with Crippen LogP contribution in [0.1, 0.15) is 34.1 Å². The van der Waals surface area contributed by atoms with Crippen LogP contribution in [-0.2, 0) is 4.79 Å². The van der Waals surface area contributed by atoms with Gasteiger partial charge in [-0.3, -0.25) is 4.79 Å². The molecule has 0 aromatic rings. The monoisotopic (exact) mass is 229 g/mol. The number of amides is 1. The molecule has 0 saturated heterocycles. The molecule has 0 aliphatic heterocycles. The standard InChI is InChI=1S/C12H27N3O/c1-9(2)10(3)15(6)8-7-12(4,14-5)11(13)16/h9-10,14H,7-8H2,1-6H3,(H2,13,16). The van der Waals surface area contributed by atoms with E-state index < -0.39 is 5.54 Å². The molecule has 0 aromatic heterocycles. The van der Waals surface area contributed by atoms with E-state index in [4.69, 9.17) is 5.73 Å². The molecule has 96 valence electrons. The number of nitrogens with one attached hydrogen (secondary N) is 1. The van der Waals surface area contributed by atoms with E-state index in [1.165, 1.54) is 0 Å². The van der Waals surface area contributed by atoms with Gasteiger partial charge in [-0.05, 0) is 40.3 Å². The zero-order chi connectivity index (χ0) is 12.9. The van der Waals surface area contributed by atoms with Crippen LogP contribution in [0.15, 0.2) is 0 Å². The summed E-state index contributed by atoms with van der Waals surface area (Å²) < 4.78 is 0. The quantitative estimate of drug-likeness (QED) is 0.679. The van der Waals surface area contributed by atoms with Crippen molar-refractivity contribution in [2.75, 3.05) is 20.6 Å². The average molecular weight is 229 g/mol. The first-order valence-corrected chi connectivity index (χ1v) is 5.93. The maximum atomic E-state index is 11.3. The summed E-state index contributed by atoms with van der Waals surface area (Å²) >= 11 is 0. The fourth-order valence-electron chi connectivity index (χ4n) is 1.48. The smallest absolute Gasteiger partial charge is 0.237 e. The minimum Gasteiger partial charge on any atom is -0.368 e. The Kier molecular flexibility index (Phi) is 5.97. The molecule has 0 aliphatic carbocycles. The van der Waals surface area contributed by atoms with Crippen molar-refractivity contribution in [2.24, 2.45) is 11.7 Å². The van der Waals surface area contributed by atoms with E-state index in [1.54, 1.807) is 7.05 Å². The molecular formula is C12H27N3O. The average Bonchev–Trinajstić information content (AvgIpc) is 2.23. The van der Waals surface area contributed by atoms with Crippen LogP contribution in [0.25, 0.3) is 0 Å². The Bertz CT molecular complexity index is 230. The molecular weight excluding hydrogens is 202 g/mol. The molecule has 0 spiro atoms. The van der Waals surface area contributed by atoms with E-state index in [1.807, 2.05) is 6.92 Å². The maximum absolute atomic E-state index is 11.3. The van der Waals surface area contributed by atoms with Crippen LogP contribution in [0.4, 0.5) is 0 Å². The maximum Gasteiger partial charge on any atom is 0.237 e. The lowest BCUT2D eigenvalue weighted by atomic mass is 9.96. The Labute approximate surface area is 99.6 Å². The van der Waals surface area contributed by atoms with Gasteiger partial charge in [-0.2, -0.15) is 0 Å². The Balaban J connectivity index is 4.27. The largest absolute Gasteiger partial charge is 0.368 e. The number of primary amides is 1. The highest BCUT2D eigenvalue weighted by Gasteiger charge is 2.29. The van der Waals surface area contributed by atoms with Crippen molar-refractivity contribution in [1.29, 1.82) is 0 Å². The second-order valence-electron chi connectivity index (χ2n) is 5.16. The number of hydrogen-bond acceptors (Lipinski definition) is 3. The van der Waals surface area contributed by atoms with Gasteiger partial charge in [-0.25, -0.2) is 0 Å². The summed E-state index contributed by atoms with van der Waals surface area (Å²) in [4.78, 5) is 13.6. The van der Waals surface area contributed by atoms with Crippen molar-refractivity contribution in [3.8, 4) is 0 Å². The molecule has 0 bridgehead atoms. The highest BCUT2D eigenvalue weighted by atomic mass is 16.1. The molecule has 2 atom stereocenters. The molecule has 0 rings (SSSR count). The van der Waals surface area contributed by atoms with Crippen LogP contribution in [0, 0.1) is 5.92 Å². The summed E-state index contributed by atoms with van der Waals surface area (Å²) in [6, 6.07) is 0.508. The second kappa shape index (κ2) is 6.21.